The van der Waals surface area contributed by atoms with Gasteiger partial charge in [-0.2, -0.15) is 0 Å². The van der Waals surface area contributed by atoms with Crippen molar-refractivity contribution in [2.24, 2.45) is 0 Å². The van der Waals surface area contributed by atoms with Crippen LogP contribution in [0.5, 0.6) is 0 Å². The lowest BCUT2D eigenvalue weighted by molar-refractivity contribution is -0.141. The fourth-order valence-corrected chi connectivity index (χ4v) is 2.68. The Morgan fingerprint density at radius 2 is 2.11 bits per heavy atom. The number of rotatable bonds is 2. The van der Waals surface area contributed by atoms with E-state index in [1.165, 1.54) is 4.90 Å². The predicted molar refractivity (Wildman–Crippen MR) is 70.2 cm³/mol. The van der Waals surface area contributed by atoms with E-state index in [1.54, 1.807) is 18.2 Å². The van der Waals surface area contributed by atoms with Gasteiger partial charge in [-0.1, -0.05) is 15.9 Å². The molecule has 0 aromatic heterocycles. The summed E-state index contributed by atoms with van der Waals surface area (Å²) in [5.41, 5.74) is 6.56. The first-order valence-electron chi connectivity index (χ1n) is 5.59. The van der Waals surface area contributed by atoms with E-state index in [1.807, 2.05) is 0 Å². The number of anilines is 1. The van der Waals surface area contributed by atoms with Gasteiger partial charge in [0.1, 0.15) is 6.04 Å². The number of carbonyl (C=O) groups is 2. The van der Waals surface area contributed by atoms with Crippen LogP contribution in [0.1, 0.15) is 23.2 Å². The normalized spacial score (nSPS) is 18.9. The molecule has 2 rings (SSSR count). The fraction of sp³-hybridized carbons (Fsp3) is 0.333. The second-order valence-electron chi connectivity index (χ2n) is 4.27. The van der Waals surface area contributed by atoms with Crippen LogP contribution in [0.25, 0.3) is 0 Å². The number of nitrogens with zero attached hydrogens (tertiary/aromatic N) is 1. The van der Waals surface area contributed by atoms with E-state index in [4.69, 9.17) is 10.8 Å². The molecule has 1 aromatic carbocycles. The zero-order valence-corrected chi connectivity index (χ0v) is 11.2. The molecular weight excluding hydrogens is 300 g/mol. The highest BCUT2D eigenvalue weighted by Crippen LogP contribution is 2.23. The molecule has 0 aliphatic carbocycles. The van der Waals surface area contributed by atoms with Gasteiger partial charge in [-0.05, 0) is 31.0 Å². The highest BCUT2D eigenvalue weighted by Gasteiger charge is 2.34. The molecule has 5 nitrogen and oxygen atoms in total. The van der Waals surface area contributed by atoms with Crippen molar-refractivity contribution in [2.75, 3.05) is 12.3 Å². The molecule has 1 aliphatic rings. The zero-order valence-electron chi connectivity index (χ0n) is 9.60. The third kappa shape index (κ3) is 2.48. The summed E-state index contributed by atoms with van der Waals surface area (Å²) in [6.45, 7) is 0.474. The molecule has 0 radical (unpaired) electrons. The van der Waals surface area contributed by atoms with Gasteiger partial charge in [-0.3, -0.25) is 4.79 Å². The highest BCUT2D eigenvalue weighted by molar-refractivity contribution is 9.10. The van der Waals surface area contributed by atoms with Gasteiger partial charge in [-0.15, -0.1) is 0 Å². The first-order chi connectivity index (χ1) is 8.49. The maximum Gasteiger partial charge on any atom is 0.326 e. The van der Waals surface area contributed by atoms with Crippen molar-refractivity contribution in [3.05, 3.63) is 28.2 Å². The largest absolute Gasteiger partial charge is 0.480 e. The summed E-state index contributed by atoms with van der Waals surface area (Å²) in [5.74, 6) is -1.24. The summed E-state index contributed by atoms with van der Waals surface area (Å²) in [4.78, 5) is 24.7. The molecule has 18 heavy (non-hydrogen) atoms. The number of nitrogen functional groups attached to an aromatic ring is 1. The highest BCUT2D eigenvalue weighted by atomic mass is 79.9. The molecule has 0 saturated carbocycles. The molecule has 0 bridgehead atoms. The monoisotopic (exact) mass is 312 g/mol. The molecule has 1 fully saturated rings. The van der Waals surface area contributed by atoms with Crippen LogP contribution >= 0.6 is 15.9 Å². The SMILES string of the molecule is Nc1cc(Br)cc(C(=O)N2CCCC2C(=O)O)c1. The Bertz CT molecular complexity index is 484. The third-order valence-corrected chi connectivity index (χ3v) is 3.42. The van der Waals surface area contributed by atoms with Crippen LogP contribution in [0.3, 0.4) is 0 Å². The molecule has 6 heteroatoms. The topological polar surface area (TPSA) is 83.6 Å². The van der Waals surface area contributed by atoms with Crippen molar-refractivity contribution in [1.82, 2.24) is 4.90 Å². The average molecular weight is 313 g/mol. The molecule has 1 aliphatic heterocycles. The summed E-state index contributed by atoms with van der Waals surface area (Å²) in [6, 6.07) is 4.17. The molecule has 1 saturated heterocycles. The van der Waals surface area contributed by atoms with Crippen LogP contribution in [-0.2, 0) is 4.79 Å². The molecule has 1 unspecified atom stereocenters. The van der Waals surface area contributed by atoms with Gasteiger partial charge in [-0.25, -0.2) is 4.79 Å². The van der Waals surface area contributed by atoms with Crippen molar-refractivity contribution < 1.29 is 14.7 Å². The number of hydrogen-bond acceptors (Lipinski definition) is 3. The van der Waals surface area contributed by atoms with Gasteiger partial charge in [0, 0.05) is 22.3 Å². The van der Waals surface area contributed by atoms with Crippen molar-refractivity contribution in [3.63, 3.8) is 0 Å². The number of nitrogens with two attached hydrogens (primary N) is 1. The number of amides is 1. The standard InChI is InChI=1S/C12H13BrN2O3/c13-8-4-7(5-9(14)6-8)11(16)15-3-1-2-10(15)12(17)18/h4-6,10H,1-3,14H2,(H,17,18). The Balaban J connectivity index is 2.28. The number of likely N-dealkylation sites (tertiary alicyclic amines) is 1. The van der Waals surface area contributed by atoms with E-state index in [9.17, 15) is 9.59 Å². The Labute approximate surface area is 113 Å². The lowest BCUT2D eigenvalue weighted by Gasteiger charge is -2.21. The van der Waals surface area contributed by atoms with E-state index in [0.29, 0.717) is 35.1 Å². The Morgan fingerprint density at radius 3 is 2.72 bits per heavy atom. The van der Waals surface area contributed by atoms with E-state index in [-0.39, 0.29) is 5.91 Å². The van der Waals surface area contributed by atoms with Crippen LogP contribution in [0.15, 0.2) is 22.7 Å². The van der Waals surface area contributed by atoms with E-state index >= 15 is 0 Å². The molecule has 1 atom stereocenters. The van der Waals surface area contributed by atoms with Gasteiger partial charge in [0.15, 0.2) is 0 Å². The molecule has 96 valence electrons. The number of carboxylic acids is 1. The van der Waals surface area contributed by atoms with Gasteiger partial charge < -0.3 is 15.7 Å². The zero-order chi connectivity index (χ0) is 13.3. The van der Waals surface area contributed by atoms with Crippen LogP contribution in [0.2, 0.25) is 0 Å². The molecule has 1 amide bonds. The number of carboxylic acid groups (broad SMARTS) is 1. The first-order valence-corrected chi connectivity index (χ1v) is 6.38. The maximum absolute atomic E-state index is 12.3. The number of benzene rings is 1. The lowest BCUT2D eigenvalue weighted by Crippen LogP contribution is -2.40. The number of carbonyl (C=O) groups excluding carboxylic acids is 1. The van der Waals surface area contributed by atoms with Crippen molar-refractivity contribution >= 4 is 33.5 Å². The summed E-state index contributed by atoms with van der Waals surface area (Å²) in [6.07, 6.45) is 1.22. The van der Waals surface area contributed by atoms with Crippen molar-refractivity contribution in [3.8, 4) is 0 Å². The lowest BCUT2D eigenvalue weighted by atomic mass is 10.1. The summed E-state index contributed by atoms with van der Waals surface area (Å²) >= 11 is 3.27. The molecule has 1 aromatic rings. The van der Waals surface area contributed by atoms with E-state index in [0.717, 1.165) is 0 Å². The van der Waals surface area contributed by atoms with Crippen molar-refractivity contribution in [2.45, 2.75) is 18.9 Å². The molecule has 1 heterocycles. The molecule has 3 N–H and O–H groups in total. The third-order valence-electron chi connectivity index (χ3n) is 2.97. The minimum absolute atomic E-state index is 0.284. The van der Waals surface area contributed by atoms with E-state index in [2.05, 4.69) is 15.9 Å². The predicted octanol–water partition coefficient (Wildman–Crippen LogP) is 1.72. The Hall–Kier alpha value is -1.56. The Morgan fingerprint density at radius 1 is 1.39 bits per heavy atom. The molecular formula is C12H13BrN2O3. The minimum atomic E-state index is -0.955. The maximum atomic E-state index is 12.3. The minimum Gasteiger partial charge on any atom is -0.480 e. The van der Waals surface area contributed by atoms with Gasteiger partial charge in [0.05, 0.1) is 0 Å². The number of hydrogen-bond donors (Lipinski definition) is 2. The van der Waals surface area contributed by atoms with Crippen LogP contribution < -0.4 is 5.73 Å². The van der Waals surface area contributed by atoms with Crippen LogP contribution in [-0.4, -0.2) is 34.5 Å². The number of aliphatic carboxylic acids is 1. The second-order valence-corrected chi connectivity index (χ2v) is 5.18. The second kappa shape index (κ2) is 4.97. The van der Waals surface area contributed by atoms with Gasteiger partial charge in [0.2, 0.25) is 0 Å². The van der Waals surface area contributed by atoms with Crippen LogP contribution in [0.4, 0.5) is 5.69 Å². The Kier molecular flexibility index (Phi) is 3.56. The molecule has 0 spiro atoms. The van der Waals surface area contributed by atoms with Crippen molar-refractivity contribution in [1.29, 1.82) is 0 Å². The average Bonchev–Trinajstić information content (AvgIpc) is 2.75. The van der Waals surface area contributed by atoms with Crippen LogP contribution in [0, 0.1) is 0 Å². The fourth-order valence-electron chi connectivity index (χ4n) is 2.17. The smallest absolute Gasteiger partial charge is 0.326 e. The summed E-state index contributed by atoms with van der Waals surface area (Å²) < 4.78 is 0.705. The van der Waals surface area contributed by atoms with Gasteiger partial charge in [0.25, 0.3) is 5.91 Å². The summed E-state index contributed by atoms with van der Waals surface area (Å²) in [5, 5.41) is 9.06. The van der Waals surface area contributed by atoms with E-state index < -0.39 is 12.0 Å². The quantitative estimate of drug-likeness (QED) is 0.814. The summed E-state index contributed by atoms with van der Waals surface area (Å²) in [7, 11) is 0. The number of halogens is 1. The van der Waals surface area contributed by atoms with Gasteiger partial charge >= 0.3 is 5.97 Å². The first kappa shape index (κ1) is 12.9.